The number of hydrogen-bond acceptors (Lipinski definition) is 4. The molecule has 1 saturated heterocycles. The summed E-state index contributed by atoms with van der Waals surface area (Å²) in [7, 11) is 0. The van der Waals surface area contributed by atoms with E-state index in [2.05, 4.69) is 0 Å². The minimum absolute atomic E-state index is 0.0405. The van der Waals surface area contributed by atoms with E-state index in [9.17, 15) is 14.9 Å². The van der Waals surface area contributed by atoms with Gasteiger partial charge in [0.2, 0.25) is 0 Å². The summed E-state index contributed by atoms with van der Waals surface area (Å²) in [6, 6.07) is 6.19. The largest absolute Gasteiger partial charge is 0.457 e. The molecular formula is C13H15NO4. The summed E-state index contributed by atoms with van der Waals surface area (Å²) >= 11 is 0. The van der Waals surface area contributed by atoms with Gasteiger partial charge in [0, 0.05) is 24.0 Å². The highest BCUT2D eigenvalue weighted by atomic mass is 16.6. The van der Waals surface area contributed by atoms with Crippen LogP contribution in [0.4, 0.5) is 5.69 Å². The molecule has 18 heavy (non-hydrogen) atoms. The van der Waals surface area contributed by atoms with Gasteiger partial charge in [0.05, 0.1) is 4.92 Å². The predicted molar refractivity (Wildman–Crippen MR) is 64.9 cm³/mol. The van der Waals surface area contributed by atoms with E-state index < -0.39 is 4.92 Å². The standard InChI is InChI=1S/C13H15NO4/c1-13(2)8-7-11(15)18-12(13)9-3-5-10(6-4-9)14(16)17/h3-6,12H,7-8H2,1-2H3/t12-/m0/s1. The van der Waals surface area contributed by atoms with Crippen LogP contribution in [0.1, 0.15) is 38.4 Å². The maximum atomic E-state index is 11.4. The summed E-state index contributed by atoms with van der Waals surface area (Å²) in [5.74, 6) is -0.210. The van der Waals surface area contributed by atoms with E-state index in [1.165, 1.54) is 12.1 Å². The van der Waals surface area contributed by atoms with Gasteiger partial charge in [-0.2, -0.15) is 0 Å². The maximum Gasteiger partial charge on any atom is 0.306 e. The van der Waals surface area contributed by atoms with Crippen LogP contribution in [0, 0.1) is 15.5 Å². The van der Waals surface area contributed by atoms with Crippen molar-refractivity contribution in [1.29, 1.82) is 0 Å². The third kappa shape index (κ3) is 2.34. The number of nitro groups is 1. The number of non-ortho nitro benzene ring substituents is 1. The molecule has 5 heteroatoms. The Labute approximate surface area is 105 Å². The molecule has 0 aliphatic carbocycles. The molecule has 96 valence electrons. The second-order valence-electron chi connectivity index (χ2n) is 5.21. The Hall–Kier alpha value is -1.91. The van der Waals surface area contributed by atoms with Crippen LogP contribution in [0.2, 0.25) is 0 Å². The fraction of sp³-hybridized carbons (Fsp3) is 0.462. The number of carbonyl (C=O) groups is 1. The third-order valence-electron chi connectivity index (χ3n) is 3.34. The van der Waals surface area contributed by atoms with Crippen molar-refractivity contribution in [2.45, 2.75) is 32.8 Å². The van der Waals surface area contributed by atoms with Crippen LogP contribution in [0.15, 0.2) is 24.3 Å². The lowest BCUT2D eigenvalue weighted by Crippen LogP contribution is -2.32. The Morgan fingerprint density at radius 1 is 1.33 bits per heavy atom. The number of ether oxygens (including phenoxy) is 1. The van der Waals surface area contributed by atoms with Gasteiger partial charge in [-0.1, -0.05) is 13.8 Å². The lowest BCUT2D eigenvalue weighted by Gasteiger charge is -2.37. The average molecular weight is 249 g/mol. The number of carbonyl (C=O) groups excluding carboxylic acids is 1. The van der Waals surface area contributed by atoms with Crippen LogP contribution in [0.25, 0.3) is 0 Å². The first kappa shape index (κ1) is 12.5. The normalized spacial score (nSPS) is 22.3. The van der Waals surface area contributed by atoms with Gasteiger partial charge in [0.25, 0.3) is 5.69 Å². The zero-order valence-corrected chi connectivity index (χ0v) is 10.4. The molecule has 0 unspecified atom stereocenters. The van der Waals surface area contributed by atoms with Gasteiger partial charge in [-0.3, -0.25) is 14.9 Å². The highest BCUT2D eigenvalue weighted by molar-refractivity contribution is 5.70. The Kier molecular flexibility index (Phi) is 3.07. The quantitative estimate of drug-likeness (QED) is 0.459. The summed E-state index contributed by atoms with van der Waals surface area (Å²) in [4.78, 5) is 21.5. The van der Waals surface area contributed by atoms with E-state index in [0.717, 1.165) is 12.0 Å². The van der Waals surface area contributed by atoms with E-state index >= 15 is 0 Å². The molecule has 1 aliphatic heterocycles. The average Bonchev–Trinajstić information content (AvgIpc) is 2.32. The van der Waals surface area contributed by atoms with Crippen LogP contribution >= 0.6 is 0 Å². The van der Waals surface area contributed by atoms with Gasteiger partial charge in [0.1, 0.15) is 6.10 Å². The highest BCUT2D eigenvalue weighted by Crippen LogP contribution is 2.44. The molecule has 0 aromatic heterocycles. The zero-order chi connectivity index (χ0) is 13.3. The second kappa shape index (κ2) is 4.40. The lowest BCUT2D eigenvalue weighted by atomic mass is 9.77. The number of hydrogen-bond donors (Lipinski definition) is 0. The molecule has 0 bridgehead atoms. The number of nitro benzene ring substituents is 1. The Morgan fingerprint density at radius 3 is 2.50 bits per heavy atom. The number of benzene rings is 1. The van der Waals surface area contributed by atoms with Crippen molar-refractivity contribution in [2.75, 3.05) is 0 Å². The van der Waals surface area contributed by atoms with Crippen molar-refractivity contribution in [3.8, 4) is 0 Å². The molecular weight excluding hydrogens is 234 g/mol. The van der Waals surface area contributed by atoms with Gasteiger partial charge in [-0.25, -0.2) is 0 Å². The summed E-state index contributed by atoms with van der Waals surface area (Å²) < 4.78 is 5.38. The Balaban J connectivity index is 2.28. The fourth-order valence-corrected chi connectivity index (χ4v) is 2.20. The van der Waals surface area contributed by atoms with E-state index in [0.29, 0.717) is 6.42 Å². The number of cyclic esters (lactones) is 1. The molecule has 2 rings (SSSR count). The summed E-state index contributed by atoms with van der Waals surface area (Å²) in [5.41, 5.74) is 0.696. The van der Waals surface area contributed by atoms with E-state index in [4.69, 9.17) is 4.74 Å². The first-order valence-electron chi connectivity index (χ1n) is 5.84. The van der Waals surface area contributed by atoms with Gasteiger partial charge in [-0.05, 0) is 24.1 Å². The van der Waals surface area contributed by atoms with Crippen molar-refractivity contribution >= 4 is 11.7 Å². The van der Waals surface area contributed by atoms with Crippen molar-refractivity contribution in [2.24, 2.45) is 5.41 Å². The van der Waals surface area contributed by atoms with Crippen LogP contribution in [-0.2, 0) is 9.53 Å². The number of rotatable bonds is 2. The number of nitrogens with zero attached hydrogens (tertiary/aromatic N) is 1. The van der Waals surface area contributed by atoms with Crippen LogP contribution in [0.5, 0.6) is 0 Å². The monoisotopic (exact) mass is 249 g/mol. The SMILES string of the molecule is CC1(C)CCC(=O)O[C@H]1c1ccc([N+](=O)[O-])cc1. The van der Waals surface area contributed by atoms with Gasteiger partial charge in [-0.15, -0.1) is 0 Å². The van der Waals surface area contributed by atoms with E-state index in [1.807, 2.05) is 13.8 Å². The lowest BCUT2D eigenvalue weighted by molar-refractivity contribution is -0.384. The first-order valence-corrected chi connectivity index (χ1v) is 5.84. The van der Waals surface area contributed by atoms with E-state index in [1.54, 1.807) is 12.1 Å². The van der Waals surface area contributed by atoms with Gasteiger partial charge >= 0.3 is 5.97 Å². The maximum absolute atomic E-state index is 11.4. The fourth-order valence-electron chi connectivity index (χ4n) is 2.20. The third-order valence-corrected chi connectivity index (χ3v) is 3.34. The smallest absolute Gasteiger partial charge is 0.306 e. The molecule has 0 saturated carbocycles. The minimum atomic E-state index is -0.443. The molecule has 0 amide bonds. The zero-order valence-electron chi connectivity index (χ0n) is 10.4. The first-order chi connectivity index (χ1) is 8.40. The molecule has 1 aromatic rings. The molecule has 0 radical (unpaired) electrons. The molecule has 1 fully saturated rings. The Bertz CT molecular complexity index is 478. The molecule has 0 spiro atoms. The predicted octanol–water partition coefficient (Wildman–Crippen LogP) is 3.00. The molecule has 1 aromatic carbocycles. The summed E-state index contributed by atoms with van der Waals surface area (Å²) in [6.45, 7) is 4.07. The summed E-state index contributed by atoms with van der Waals surface area (Å²) in [6.07, 6.45) is 0.851. The second-order valence-corrected chi connectivity index (χ2v) is 5.21. The van der Waals surface area contributed by atoms with Crippen LogP contribution in [0.3, 0.4) is 0 Å². The minimum Gasteiger partial charge on any atom is -0.457 e. The molecule has 1 atom stereocenters. The van der Waals surface area contributed by atoms with Crippen molar-refractivity contribution in [3.05, 3.63) is 39.9 Å². The van der Waals surface area contributed by atoms with Crippen LogP contribution in [-0.4, -0.2) is 10.9 Å². The van der Waals surface area contributed by atoms with E-state index in [-0.39, 0.29) is 23.2 Å². The highest BCUT2D eigenvalue weighted by Gasteiger charge is 2.38. The van der Waals surface area contributed by atoms with Crippen LogP contribution < -0.4 is 0 Å². The van der Waals surface area contributed by atoms with Crippen molar-refractivity contribution < 1.29 is 14.5 Å². The Morgan fingerprint density at radius 2 is 1.94 bits per heavy atom. The molecule has 1 aliphatic rings. The molecule has 0 N–H and O–H groups in total. The number of esters is 1. The van der Waals surface area contributed by atoms with Gasteiger partial charge < -0.3 is 4.74 Å². The van der Waals surface area contributed by atoms with Crippen molar-refractivity contribution in [3.63, 3.8) is 0 Å². The molecule has 1 heterocycles. The topological polar surface area (TPSA) is 69.4 Å². The summed E-state index contributed by atoms with van der Waals surface area (Å²) in [5, 5.41) is 10.6. The van der Waals surface area contributed by atoms with Gasteiger partial charge in [0.15, 0.2) is 0 Å². The van der Waals surface area contributed by atoms with Crippen molar-refractivity contribution in [1.82, 2.24) is 0 Å². The molecule has 5 nitrogen and oxygen atoms in total.